The number of hydrogen-bond donors (Lipinski definition) is 2. The predicted octanol–water partition coefficient (Wildman–Crippen LogP) is 2.47. The van der Waals surface area contributed by atoms with Crippen molar-refractivity contribution in [1.29, 1.82) is 0 Å². The third-order valence-corrected chi connectivity index (χ3v) is 5.80. The maximum absolute atomic E-state index is 11.9. The summed E-state index contributed by atoms with van der Waals surface area (Å²) in [5, 5.41) is 0. The highest BCUT2D eigenvalue weighted by Crippen LogP contribution is 2.24. The lowest BCUT2D eigenvalue weighted by atomic mass is 10.0. The summed E-state index contributed by atoms with van der Waals surface area (Å²) < 4.78 is 26.6. The normalized spacial score (nSPS) is 12.6. The first-order valence-corrected chi connectivity index (χ1v) is 8.88. The van der Waals surface area contributed by atoms with E-state index < -0.39 is 15.6 Å². The molecule has 108 valence electrons. The van der Waals surface area contributed by atoms with Gasteiger partial charge >= 0.3 is 0 Å². The van der Waals surface area contributed by atoms with Crippen molar-refractivity contribution in [3.63, 3.8) is 0 Å². The Morgan fingerprint density at radius 1 is 1.32 bits per heavy atom. The van der Waals surface area contributed by atoms with Gasteiger partial charge in [0.15, 0.2) is 0 Å². The van der Waals surface area contributed by atoms with Crippen LogP contribution in [0, 0.1) is 0 Å². The molecule has 0 aliphatic rings. The van der Waals surface area contributed by atoms with E-state index >= 15 is 0 Å². The Bertz CT molecular complexity index is 513. The largest absolute Gasteiger partial charge is 0.398 e. The third-order valence-electron chi connectivity index (χ3n) is 2.84. The molecule has 0 radical (unpaired) electrons. The van der Waals surface area contributed by atoms with Gasteiger partial charge < -0.3 is 5.73 Å². The molecule has 0 aromatic heterocycles. The second-order valence-corrected chi connectivity index (χ2v) is 8.02. The molecule has 0 aliphatic carbocycles. The predicted molar refractivity (Wildman–Crippen MR) is 82.9 cm³/mol. The second-order valence-electron chi connectivity index (χ2n) is 5.04. The fourth-order valence-corrected chi connectivity index (χ4v) is 4.35. The number of benzene rings is 1. The molecule has 0 heterocycles. The lowest BCUT2D eigenvalue weighted by Gasteiger charge is -2.24. The second kappa shape index (κ2) is 6.63. The maximum atomic E-state index is 11.9. The van der Waals surface area contributed by atoms with Gasteiger partial charge in [-0.15, -0.1) is 11.8 Å². The van der Waals surface area contributed by atoms with E-state index in [4.69, 9.17) is 5.73 Å². The van der Waals surface area contributed by atoms with Crippen molar-refractivity contribution in [3.8, 4) is 0 Å². The number of thioether (sulfide) groups is 1. The van der Waals surface area contributed by atoms with Crippen LogP contribution in [-0.2, 0) is 10.0 Å². The van der Waals surface area contributed by atoms with Crippen molar-refractivity contribution in [3.05, 3.63) is 24.3 Å². The summed E-state index contributed by atoms with van der Waals surface area (Å²) in [6.07, 6.45) is 0.755. The molecule has 0 atom stereocenters. The minimum Gasteiger partial charge on any atom is -0.398 e. The summed E-state index contributed by atoms with van der Waals surface area (Å²) in [6.45, 7) is 5.72. The summed E-state index contributed by atoms with van der Waals surface area (Å²) in [4.78, 5) is 0.924. The maximum Gasteiger partial charge on any atom is 0.212 e. The smallest absolute Gasteiger partial charge is 0.212 e. The SMILES string of the molecule is CCC(C)(C)NS(=O)(=O)CCSc1ccccc1N. The summed E-state index contributed by atoms with van der Waals surface area (Å²) in [7, 11) is -3.25. The highest BCUT2D eigenvalue weighted by atomic mass is 32.2. The fraction of sp³-hybridized carbons (Fsp3) is 0.538. The Hall–Kier alpha value is -0.720. The standard InChI is InChI=1S/C13H22N2O2S2/c1-4-13(2,3)15-19(16,17)10-9-18-12-8-6-5-7-11(12)14/h5-8,15H,4,9-10,14H2,1-3H3. The van der Waals surface area contributed by atoms with E-state index in [9.17, 15) is 8.42 Å². The molecule has 4 nitrogen and oxygen atoms in total. The number of nitrogens with two attached hydrogens (primary N) is 1. The molecule has 0 amide bonds. The number of sulfonamides is 1. The molecule has 0 spiro atoms. The number of rotatable bonds is 7. The molecular formula is C13H22N2O2S2. The van der Waals surface area contributed by atoms with Crippen molar-refractivity contribution < 1.29 is 8.42 Å². The number of para-hydroxylation sites is 1. The van der Waals surface area contributed by atoms with Gasteiger partial charge in [0, 0.05) is 21.9 Å². The van der Waals surface area contributed by atoms with Crippen LogP contribution in [-0.4, -0.2) is 25.5 Å². The van der Waals surface area contributed by atoms with Gasteiger partial charge in [-0.1, -0.05) is 19.1 Å². The van der Waals surface area contributed by atoms with Crippen LogP contribution >= 0.6 is 11.8 Å². The van der Waals surface area contributed by atoms with Crippen LogP contribution in [0.3, 0.4) is 0 Å². The van der Waals surface area contributed by atoms with Crippen LogP contribution < -0.4 is 10.5 Å². The Morgan fingerprint density at radius 3 is 2.53 bits per heavy atom. The zero-order valence-corrected chi connectivity index (χ0v) is 13.3. The van der Waals surface area contributed by atoms with E-state index in [0.29, 0.717) is 11.4 Å². The Balaban J connectivity index is 2.51. The average Bonchev–Trinajstić information content (AvgIpc) is 2.30. The van der Waals surface area contributed by atoms with E-state index in [1.165, 1.54) is 11.8 Å². The van der Waals surface area contributed by atoms with Crippen LogP contribution in [0.2, 0.25) is 0 Å². The molecular weight excluding hydrogens is 280 g/mol. The van der Waals surface area contributed by atoms with E-state index in [1.54, 1.807) is 0 Å². The first-order chi connectivity index (χ1) is 8.76. The molecule has 0 saturated heterocycles. The van der Waals surface area contributed by atoms with E-state index in [0.717, 1.165) is 11.3 Å². The van der Waals surface area contributed by atoms with Gasteiger partial charge in [0.05, 0.1) is 5.75 Å². The molecule has 1 aromatic rings. The van der Waals surface area contributed by atoms with Gasteiger partial charge in [0.1, 0.15) is 0 Å². The van der Waals surface area contributed by atoms with E-state index in [2.05, 4.69) is 4.72 Å². The molecule has 0 unspecified atom stereocenters. The van der Waals surface area contributed by atoms with Crippen molar-refractivity contribution >= 4 is 27.5 Å². The van der Waals surface area contributed by atoms with Crippen LogP contribution in [0.1, 0.15) is 27.2 Å². The summed E-state index contributed by atoms with van der Waals surface area (Å²) in [6, 6.07) is 7.47. The molecule has 19 heavy (non-hydrogen) atoms. The zero-order chi connectivity index (χ0) is 14.5. The molecule has 1 rings (SSSR count). The highest BCUT2D eigenvalue weighted by Gasteiger charge is 2.22. The first-order valence-electron chi connectivity index (χ1n) is 6.25. The van der Waals surface area contributed by atoms with Gasteiger partial charge in [0.2, 0.25) is 10.0 Å². The summed E-state index contributed by atoms with van der Waals surface area (Å²) >= 11 is 1.46. The molecule has 3 N–H and O–H groups in total. The third kappa shape index (κ3) is 5.84. The summed E-state index contributed by atoms with van der Waals surface area (Å²) in [5.41, 5.74) is 6.10. The molecule has 1 aromatic carbocycles. The van der Waals surface area contributed by atoms with Gasteiger partial charge in [-0.2, -0.15) is 0 Å². The average molecular weight is 302 g/mol. The van der Waals surface area contributed by atoms with Gasteiger partial charge in [-0.05, 0) is 32.4 Å². The van der Waals surface area contributed by atoms with Gasteiger partial charge in [-0.3, -0.25) is 0 Å². The first kappa shape index (κ1) is 16.3. The number of nitrogen functional groups attached to an aromatic ring is 1. The number of nitrogens with one attached hydrogen (secondary N) is 1. The molecule has 0 fully saturated rings. The van der Waals surface area contributed by atoms with Crippen molar-refractivity contribution in [2.45, 2.75) is 37.6 Å². The molecule has 0 aliphatic heterocycles. The lowest BCUT2D eigenvalue weighted by molar-refractivity contribution is 0.440. The van der Waals surface area contributed by atoms with Gasteiger partial charge in [-0.25, -0.2) is 13.1 Å². The van der Waals surface area contributed by atoms with Crippen molar-refractivity contribution in [1.82, 2.24) is 4.72 Å². The van der Waals surface area contributed by atoms with Crippen molar-refractivity contribution in [2.75, 3.05) is 17.2 Å². The number of anilines is 1. The van der Waals surface area contributed by atoms with Gasteiger partial charge in [0.25, 0.3) is 0 Å². The minimum absolute atomic E-state index is 0.0927. The summed E-state index contributed by atoms with van der Waals surface area (Å²) in [5.74, 6) is 0.582. The Morgan fingerprint density at radius 2 is 1.95 bits per heavy atom. The van der Waals surface area contributed by atoms with E-state index in [1.807, 2.05) is 45.0 Å². The molecule has 6 heteroatoms. The van der Waals surface area contributed by atoms with Crippen LogP contribution in [0.4, 0.5) is 5.69 Å². The molecule has 0 bridgehead atoms. The Labute approximate surface area is 120 Å². The lowest BCUT2D eigenvalue weighted by Crippen LogP contribution is -2.44. The quantitative estimate of drug-likeness (QED) is 0.599. The number of hydrogen-bond acceptors (Lipinski definition) is 4. The zero-order valence-electron chi connectivity index (χ0n) is 11.6. The van der Waals surface area contributed by atoms with Crippen LogP contribution in [0.5, 0.6) is 0 Å². The van der Waals surface area contributed by atoms with Crippen LogP contribution in [0.15, 0.2) is 29.2 Å². The Kier molecular flexibility index (Phi) is 5.70. The fourth-order valence-electron chi connectivity index (χ4n) is 1.42. The van der Waals surface area contributed by atoms with Crippen LogP contribution in [0.25, 0.3) is 0 Å². The molecule has 0 saturated carbocycles. The van der Waals surface area contributed by atoms with Crippen molar-refractivity contribution in [2.24, 2.45) is 0 Å². The minimum atomic E-state index is -3.25. The topological polar surface area (TPSA) is 72.2 Å². The highest BCUT2D eigenvalue weighted by molar-refractivity contribution is 8.00. The van der Waals surface area contributed by atoms with E-state index in [-0.39, 0.29) is 5.75 Å². The monoisotopic (exact) mass is 302 g/mol.